The highest BCUT2D eigenvalue weighted by Gasteiger charge is 2.32. The molecule has 0 spiro atoms. The first-order valence-corrected chi connectivity index (χ1v) is 8.39. The smallest absolute Gasteiger partial charge is 0.262 e. The third-order valence-corrected chi connectivity index (χ3v) is 4.79. The topological polar surface area (TPSA) is 107 Å². The zero-order valence-corrected chi connectivity index (χ0v) is 14.4. The molecule has 1 saturated heterocycles. The fourth-order valence-electron chi connectivity index (χ4n) is 3.31. The third-order valence-electron chi connectivity index (χ3n) is 4.49. The number of nitrogen functional groups attached to an aromatic ring is 1. The van der Waals surface area contributed by atoms with Gasteiger partial charge in [0.15, 0.2) is 0 Å². The number of anilines is 2. The number of nitrogens with one attached hydrogen (secondary N) is 1. The van der Waals surface area contributed by atoms with E-state index >= 15 is 0 Å². The molecule has 0 radical (unpaired) electrons. The molecule has 2 amide bonds. The Balaban J connectivity index is 1.97. The van der Waals surface area contributed by atoms with Crippen molar-refractivity contribution in [3.8, 4) is 5.69 Å². The summed E-state index contributed by atoms with van der Waals surface area (Å²) in [5.41, 5.74) is 6.70. The van der Waals surface area contributed by atoms with Crippen LogP contribution in [0.4, 0.5) is 11.5 Å². The molecule has 8 nitrogen and oxygen atoms in total. The average Bonchev–Trinajstić information content (AvgIpc) is 2.89. The van der Waals surface area contributed by atoms with E-state index in [-0.39, 0.29) is 16.9 Å². The van der Waals surface area contributed by atoms with Crippen LogP contribution in [0.5, 0.6) is 0 Å². The number of aromatic nitrogens is 1. The van der Waals surface area contributed by atoms with E-state index in [0.717, 1.165) is 6.07 Å². The van der Waals surface area contributed by atoms with Crippen molar-refractivity contribution in [2.75, 3.05) is 36.9 Å². The molecule has 134 valence electrons. The van der Waals surface area contributed by atoms with E-state index in [1.807, 2.05) is 4.90 Å². The number of halogens is 1. The van der Waals surface area contributed by atoms with Gasteiger partial charge in [-0.2, -0.15) is 0 Å². The van der Waals surface area contributed by atoms with E-state index in [2.05, 4.69) is 5.32 Å². The lowest BCUT2D eigenvalue weighted by atomic mass is 10.1. The standard InChI is InChI=1S/C17H15ClN4O4/c18-10-2-1-3-11(14(10)21-4-6-26-7-5-21)22-12(23)8-9-13(15(22)19)17(25)20-16(9)24/h1-3,8H,4-7,19H2,(H,20,24,25). The number of nitrogens with zero attached hydrogens (tertiary/aromatic N) is 2. The number of hydrogen-bond acceptors (Lipinski definition) is 6. The van der Waals surface area contributed by atoms with Crippen LogP contribution in [-0.4, -0.2) is 42.7 Å². The molecule has 1 aromatic heterocycles. The van der Waals surface area contributed by atoms with Gasteiger partial charge >= 0.3 is 0 Å². The Morgan fingerprint density at radius 3 is 2.58 bits per heavy atom. The second-order valence-electron chi connectivity index (χ2n) is 5.98. The predicted octanol–water partition coefficient (Wildman–Crippen LogP) is 0.793. The second-order valence-corrected chi connectivity index (χ2v) is 6.39. The van der Waals surface area contributed by atoms with E-state index in [4.69, 9.17) is 22.1 Å². The molecule has 2 aliphatic heterocycles. The van der Waals surface area contributed by atoms with Gasteiger partial charge in [-0.3, -0.25) is 24.3 Å². The summed E-state index contributed by atoms with van der Waals surface area (Å²) in [4.78, 5) is 38.6. The van der Waals surface area contributed by atoms with E-state index in [0.29, 0.717) is 42.7 Å². The average molecular weight is 375 g/mol. The molecule has 9 heteroatoms. The van der Waals surface area contributed by atoms with Crippen LogP contribution in [0.25, 0.3) is 5.69 Å². The largest absolute Gasteiger partial charge is 0.384 e. The molecule has 2 aromatic rings. The number of nitrogens with two attached hydrogens (primary N) is 1. The monoisotopic (exact) mass is 374 g/mol. The summed E-state index contributed by atoms with van der Waals surface area (Å²) in [5.74, 6) is -1.33. The van der Waals surface area contributed by atoms with E-state index in [1.165, 1.54) is 4.57 Å². The minimum atomic E-state index is -0.625. The number of morpholine rings is 1. The first-order valence-electron chi connectivity index (χ1n) is 8.02. The minimum Gasteiger partial charge on any atom is -0.384 e. The molecule has 3 N–H and O–H groups in total. The number of imide groups is 1. The zero-order chi connectivity index (χ0) is 18.4. The van der Waals surface area contributed by atoms with Gasteiger partial charge in [0.25, 0.3) is 17.4 Å². The van der Waals surface area contributed by atoms with Gasteiger partial charge in [0.2, 0.25) is 0 Å². The fraction of sp³-hybridized carbons (Fsp3) is 0.235. The molecule has 0 atom stereocenters. The Labute approximate surface area is 153 Å². The lowest BCUT2D eigenvalue weighted by Crippen LogP contribution is -2.37. The van der Waals surface area contributed by atoms with Gasteiger partial charge in [-0.25, -0.2) is 0 Å². The normalized spacial score (nSPS) is 16.6. The number of ether oxygens (including phenoxy) is 1. The number of hydrogen-bond donors (Lipinski definition) is 2. The van der Waals surface area contributed by atoms with Crippen LogP contribution in [0.15, 0.2) is 29.1 Å². The van der Waals surface area contributed by atoms with Crippen molar-refractivity contribution in [1.82, 2.24) is 9.88 Å². The lowest BCUT2D eigenvalue weighted by molar-refractivity contribution is 0.0880. The van der Waals surface area contributed by atoms with Crippen molar-refractivity contribution in [3.05, 3.63) is 50.8 Å². The van der Waals surface area contributed by atoms with Crippen molar-refractivity contribution in [1.29, 1.82) is 0 Å². The summed E-state index contributed by atoms with van der Waals surface area (Å²) in [6.45, 7) is 2.29. The molecular weight excluding hydrogens is 360 g/mol. The highest BCUT2D eigenvalue weighted by molar-refractivity contribution is 6.33. The molecule has 0 unspecified atom stereocenters. The summed E-state index contributed by atoms with van der Waals surface area (Å²) < 4.78 is 6.59. The highest BCUT2D eigenvalue weighted by Crippen LogP contribution is 2.34. The van der Waals surface area contributed by atoms with Crippen molar-refractivity contribution in [3.63, 3.8) is 0 Å². The molecule has 3 heterocycles. The van der Waals surface area contributed by atoms with Gasteiger partial charge < -0.3 is 15.4 Å². The van der Waals surface area contributed by atoms with Crippen LogP contribution < -0.4 is 21.5 Å². The van der Waals surface area contributed by atoms with Crippen molar-refractivity contribution in [2.24, 2.45) is 0 Å². The van der Waals surface area contributed by atoms with Gasteiger partial charge in [-0.15, -0.1) is 0 Å². The van der Waals surface area contributed by atoms with Crippen molar-refractivity contribution < 1.29 is 14.3 Å². The number of para-hydroxylation sites is 1. The van der Waals surface area contributed by atoms with Crippen LogP contribution in [0.2, 0.25) is 5.02 Å². The number of carbonyl (C=O) groups is 2. The molecule has 1 fully saturated rings. The molecule has 0 aliphatic carbocycles. The Morgan fingerprint density at radius 1 is 1.12 bits per heavy atom. The predicted molar refractivity (Wildman–Crippen MR) is 96.3 cm³/mol. The van der Waals surface area contributed by atoms with Gasteiger partial charge in [0.05, 0.1) is 40.7 Å². The van der Waals surface area contributed by atoms with Crippen molar-refractivity contribution >= 4 is 34.9 Å². The molecule has 2 aliphatic rings. The number of pyridine rings is 1. The minimum absolute atomic E-state index is 0.00232. The number of fused-ring (bicyclic) bond motifs is 1. The number of rotatable bonds is 2. The van der Waals surface area contributed by atoms with Gasteiger partial charge in [0.1, 0.15) is 5.82 Å². The van der Waals surface area contributed by atoms with Crippen LogP contribution in [0.1, 0.15) is 20.7 Å². The Bertz CT molecular complexity index is 995. The zero-order valence-electron chi connectivity index (χ0n) is 13.6. The van der Waals surface area contributed by atoms with Crippen LogP contribution >= 0.6 is 11.6 Å². The molecule has 1 aromatic carbocycles. The Hall–Kier alpha value is -2.84. The maximum absolute atomic E-state index is 12.7. The maximum Gasteiger partial charge on any atom is 0.262 e. The molecule has 0 bridgehead atoms. The fourth-order valence-corrected chi connectivity index (χ4v) is 3.60. The number of benzene rings is 1. The Kier molecular flexibility index (Phi) is 3.93. The second kappa shape index (κ2) is 6.15. The molecule has 26 heavy (non-hydrogen) atoms. The molecule has 4 rings (SSSR count). The number of amides is 2. The summed E-state index contributed by atoms with van der Waals surface area (Å²) in [7, 11) is 0. The Morgan fingerprint density at radius 2 is 1.85 bits per heavy atom. The third kappa shape index (κ3) is 2.46. The summed E-state index contributed by atoms with van der Waals surface area (Å²) in [6.07, 6.45) is 0. The maximum atomic E-state index is 12.7. The molecular formula is C17H15ClN4O4. The summed E-state index contributed by atoms with van der Waals surface area (Å²) in [5, 5.41) is 2.61. The number of carbonyl (C=O) groups excluding carboxylic acids is 2. The van der Waals surface area contributed by atoms with Crippen molar-refractivity contribution in [2.45, 2.75) is 0 Å². The van der Waals surface area contributed by atoms with E-state index < -0.39 is 17.4 Å². The van der Waals surface area contributed by atoms with Crippen LogP contribution in [-0.2, 0) is 4.74 Å². The first-order chi connectivity index (χ1) is 12.5. The summed E-state index contributed by atoms with van der Waals surface area (Å²) in [6, 6.07) is 6.25. The van der Waals surface area contributed by atoms with Gasteiger partial charge in [-0.1, -0.05) is 17.7 Å². The van der Waals surface area contributed by atoms with Gasteiger partial charge in [0, 0.05) is 19.2 Å². The lowest BCUT2D eigenvalue weighted by Gasteiger charge is -2.31. The van der Waals surface area contributed by atoms with E-state index in [9.17, 15) is 14.4 Å². The quantitative estimate of drug-likeness (QED) is 0.753. The summed E-state index contributed by atoms with van der Waals surface area (Å²) >= 11 is 6.41. The highest BCUT2D eigenvalue weighted by atomic mass is 35.5. The van der Waals surface area contributed by atoms with E-state index in [1.54, 1.807) is 18.2 Å². The van der Waals surface area contributed by atoms with Crippen LogP contribution in [0.3, 0.4) is 0 Å². The SMILES string of the molecule is Nc1c2c(cc(=O)n1-c1cccc(Cl)c1N1CCOCC1)C(=O)NC2=O. The molecule has 0 saturated carbocycles. The van der Waals surface area contributed by atoms with Gasteiger partial charge in [-0.05, 0) is 12.1 Å². The van der Waals surface area contributed by atoms with Crippen LogP contribution in [0, 0.1) is 0 Å². The first kappa shape index (κ1) is 16.6.